The number of pyridine rings is 1. The molecular weight excluding hydrogens is 290 g/mol. The minimum absolute atomic E-state index is 0.0490. The van der Waals surface area contributed by atoms with Gasteiger partial charge in [-0.05, 0) is 22.0 Å². The first-order chi connectivity index (χ1) is 8.20. The molecule has 0 spiro atoms. The molecule has 5 nitrogen and oxygen atoms in total. The number of esters is 1. The van der Waals surface area contributed by atoms with Crippen molar-refractivity contribution in [1.29, 1.82) is 0 Å². The van der Waals surface area contributed by atoms with Crippen molar-refractivity contribution in [2.75, 3.05) is 20.3 Å². The first-order valence-electron chi connectivity index (χ1n) is 5.19. The summed E-state index contributed by atoms with van der Waals surface area (Å²) in [7, 11) is 1.33. The van der Waals surface area contributed by atoms with Crippen molar-refractivity contribution in [2.24, 2.45) is 0 Å². The number of aromatic nitrogens is 1. The first-order valence-corrected chi connectivity index (χ1v) is 5.98. The van der Waals surface area contributed by atoms with Crippen LogP contribution in [0.1, 0.15) is 16.8 Å². The van der Waals surface area contributed by atoms with E-state index in [0.717, 1.165) is 6.42 Å². The van der Waals surface area contributed by atoms with Crippen LogP contribution in [-0.2, 0) is 9.47 Å². The predicted molar refractivity (Wildman–Crippen MR) is 63.1 cm³/mol. The number of hydrogen-bond donors (Lipinski definition) is 0. The average Bonchev–Trinajstić information content (AvgIpc) is 2.83. The van der Waals surface area contributed by atoms with Crippen LogP contribution in [0.2, 0.25) is 0 Å². The summed E-state index contributed by atoms with van der Waals surface area (Å²) in [5, 5.41) is 0. The number of ether oxygens (including phenoxy) is 3. The largest absolute Gasteiger partial charge is 0.471 e. The van der Waals surface area contributed by atoms with Crippen molar-refractivity contribution in [2.45, 2.75) is 12.5 Å². The van der Waals surface area contributed by atoms with E-state index in [2.05, 4.69) is 25.7 Å². The van der Waals surface area contributed by atoms with Crippen molar-refractivity contribution >= 4 is 21.9 Å². The van der Waals surface area contributed by atoms with E-state index in [-0.39, 0.29) is 12.0 Å². The van der Waals surface area contributed by atoms with Crippen LogP contribution >= 0.6 is 15.9 Å². The lowest BCUT2D eigenvalue weighted by molar-refractivity contribution is 0.0589. The molecule has 1 fully saturated rings. The van der Waals surface area contributed by atoms with E-state index in [1.54, 1.807) is 12.3 Å². The lowest BCUT2D eigenvalue weighted by Gasteiger charge is -2.13. The minimum Gasteiger partial charge on any atom is -0.471 e. The van der Waals surface area contributed by atoms with Gasteiger partial charge in [-0.2, -0.15) is 0 Å². The van der Waals surface area contributed by atoms with Crippen LogP contribution in [0.15, 0.2) is 16.7 Å². The Labute approximate surface area is 107 Å². The zero-order chi connectivity index (χ0) is 12.3. The molecule has 0 N–H and O–H groups in total. The van der Waals surface area contributed by atoms with Gasteiger partial charge in [-0.1, -0.05) is 0 Å². The molecule has 0 radical (unpaired) electrons. The second kappa shape index (κ2) is 5.46. The van der Waals surface area contributed by atoms with Crippen molar-refractivity contribution < 1.29 is 19.0 Å². The number of hydrogen-bond acceptors (Lipinski definition) is 5. The monoisotopic (exact) mass is 301 g/mol. The molecule has 1 aromatic rings. The Hall–Kier alpha value is -1.14. The summed E-state index contributed by atoms with van der Waals surface area (Å²) >= 11 is 3.26. The molecule has 0 amide bonds. The normalized spacial score (nSPS) is 19.1. The van der Waals surface area contributed by atoms with Crippen molar-refractivity contribution in [3.05, 3.63) is 22.3 Å². The topological polar surface area (TPSA) is 57.7 Å². The first kappa shape index (κ1) is 12.3. The van der Waals surface area contributed by atoms with Crippen LogP contribution < -0.4 is 4.74 Å². The summed E-state index contributed by atoms with van der Waals surface area (Å²) < 4.78 is 16.2. The van der Waals surface area contributed by atoms with E-state index in [1.165, 1.54) is 7.11 Å². The number of carbonyl (C=O) groups is 1. The maximum Gasteiger partial charge on any atom is 0.343 e. The fourth-order valence-electron chi connectivity index (χ4n) is 1.54. The Morgan fingerprint density at radius 2 is 2.47 bits per heavy atom. The van der Waals surface area contributed by atoms with Gasteiger partial charge in [-0.3, -0.25) is 0 Å². The molecule has 2 rings (SSSR count). The van der Waals surface area contributed by atoms with E-state index in [0.29, 0.717) is 23.2 Å². The smallest absolute Gasteiger partial charge is 0.343 e. The summed E-state index contributed by atoms with van der Waals surface area (Å²) in [6.07, 6.45) is 2.34. The Morgan fingerprint density at radius 1 is 1.65 bits per heavy atom. The molecule has 1 aliphatic heterocycles. The Balaban J connectivity index is 2.22. The van der Waals surface area contributed by atoms with Crippen LogP contribution in [-0.4, -0.2) is 37.4 Å². The van der Waals surface area contributed by atoms with Gasteiger partial charge in [0.05, 0.1) is 20.3 Å². The highest BCUT2D eigenvalue weighted by Gasteiger charge is 2.22. The molecule has 0 aromatic carbocycles. The highest BCUT2D eigenvalue weighted by Crippen LogP contribution is 2.23. The third-order valence-corrected chi connectivity index (χ3v) is 2.82. The fraction of sp³-hybridized carbons (Fsp3) is 0.455. The van der Waals surface area contributed by atoms with E-state index in [9.17, 15) is 4.79 Å². The molecule has 1 aromatic heterocycles. The van der Waals surface area contributed by atoms with Gasteiger partial charge >= 0.3 is 5.97 Å². The third kappa shape index (κ3) is 2.95. The van der Waals surface area contributed by atoms with Gasteiger partial charge in [0.2, 0.25) is 5.88 Å². The zero-order valence-corrected chi connectivity index (χ0v) is 10.9. The van der Waals surface area contributed by atoms with Crippen LogP contribution in [0.4, 0.5) is 0 Å². The molecule has 17 heavy (non-hydrogen) atoms. The molecule has 0 saturated carbocycles. The molecule has 0 bridgehead atoms. The fourth-order valence-corrected chi connectivity index (χ4v) is 1.87. The summed E-state index contributed by atoms with van der Waals surface area (Å²) in [5.41, 5.74) is 0.314. The van der Waals surface area contributed by atoms with Gasteiger partial charge in [0.15, 0.2) is 0 Å². The molecule has 0 unspecified atom stereocenters. The van der Waals surface area contributed by atoms with Gasteiger partial charge in [-0.15, -0.1) is 0 Å². The van der Waals surface area contributed by atoms with E-state index in [4.69, 9.17) is 9.47 Å². The van der Waals surface area contributed by atoms with Crippen LogP contribution in [0.5, 0.6) is 5.88 Å². The molecule has 1 atom stereocenters. The SMILES string of the molecule is COC(=O)c1cc(Br)cnc1O[C@H]1CCOC1. The number of halogens is 1. The molecule has 1 aliphatic rings. The van der Waals surface area contributed by atoms with Crippen molar-refractivity contribution in [1.82, 2.24) is 4.98 Å². The summed E-state index contributed by atoms with van der Waals surface area (Å²) in [6, 6.07) is 1.63. The number of nitrogens with zero attached hydrogens (tertiary/aromatic N) is 1. The maximum atomic E-state index is 11.6. The van der Waals surface area contributed by atoms with E-state index in [1.807, 2.05) is 0 Å². The Kier molecular flexibility index (Phi) is 3.96. The number of methoxy groups -OCH3 is 1. The lowest BCUT2D eigenvalue weighted by atomic mass is 10.2. The molecule has 92 valence electrons. The minimum atomic E-state index is -0.465. The van der Waals surface area contributed by atoms with E-state index < -0.39 is 5.97 Å². The second-order valence-corrected chi connectivity index (χ2v) is 4.52. The Morgan fingerprint density at radius 3 is 3.12 bits per heavy atom. The average molecular weight is 302 g/mol. The second-order valence-electron chi connectivity index (χ2n) is 3.60. The van der Waals surface area contributed by atoms with Gasteiger partial charge in [0.25, 0.3) is 0 Å². The Bertz CT molecular complexity index is 418. The van der Waals surface area contributed by atoms with Crippen LogP contribution in [0, 0.1) is 0 Å². The molecular formula is C11H12BrNO4. The number of rotatable bonds is 3. The third-order valence-electron chi connectivity index (χ3n) is 2.39. The highest BCUT2D eigenvalue weighted by molar-refractivity contribution is 9.10. The summed E-state index contributed by atoms with van der Waals surface area (Å²) in [5.74, 6) is -0.178. The maximum absolute atomic E-state index is 11.6. The molecule has 1 saturated heterocycles. The lowest BCUT2D eigenvalue weighted by Crippen LogP contribution is -2.18. The van der Waals surface area contributed by atoms with Gasteiger partial charge < -0.3 is 14.2 Å². The summed E-state index contributed by atoms with van der Waals surface area (Å²) in [6.45, 7) is 1.20. The van der Waals surface area contributed by atoms with Crippen LogP contribution in [0.3, 0.4) is 0 Å². The quantitative estimate of drug-likeness (QED) is 0.797. The summed E-state index contributed by atoms with van der Waals surface area (Å²) in [4.78, 5) is 15.7. The van der Waals surface area contributed by atoms with Crippen LogP contribution in [0.25, 0.3) is 0 Å². The van der Waals surface area contributed by atoms with Crippen molar-refractivity contribution in [3.63, 3.8) is 0 Å². The molecule has 6 heteroatoms. The highest BCUT2D eigenvalue weighted by atomic mass is 79.9. The molecule has 2 heterocycles. The van der Waals surface area contributed by atoms with Gasteiger partial charge in [-0.25, -0.2) is 9.78 Å². The van der Waals surface area contributed by atoms with Crippen molar-refractivity contribution in [3.8, 4) is 5.88 Å². The van der Waals surface area contributed by atoms with Gasteiger partial charge in [0, 0.05) is 17.1 Å². The predicted octanol–water partition coefficient (Wildman–Crippen LogP) is 1.80. The number of carbonyl (C=O) groups excluding carboxylic acids is 1. The molecule has 0 aliphatic carbocycles. The van der Waals surface area contributed by atoms with E-state index >= 15 is 0 Å². The standard InChI is InChI=1S/C11H12BrNO4/c1-15-11(14)9-4-7(12)5-13-10(9)17-8-2-3-16-6-8/h4-5,8H,2-3,6H2,1H3/t8-/m0/s1. The van der Waals surface area contributed by atoms with Gasteiger partial charge in [0.1, 0.15) is 11.7 Å². The zero-order valence-electron chi connectivity index (χ0n) is 9.31.